The van der Waals surface area contributed by atoms with Gasteiger partial charge in [-0.05, 0) is 18.2 Å². The summed E-state index contributed by atoms with van der Waals surface area (Å²) < 4.78 is 28.6. The fraction of sp³-hybridized carbons (Fsp3) is 0.263. The van der Waals surface area contributed by atoms with Crippen molar-refractivity contribution >= 4 is 0 Å². The van der Waals surface area contributed by atoms with E-state index in [9.17, 15) is 0 Å². The molecule has 0 spiro atoms. The van der Waals surface area contributed by atoms with Crippen LogP contribution in [0.1, 0.15) is 0 Å². The summed E-state index contributed by atoms with van der Waals surface area (Å²) in [7, 11) is 7.91. The molecule has 27 heavy (non-hydrogen) atoms. The molecule has 8 nitrogen and oxygen atoms in total. The SMILES string of the molecule is COc1ccc(-c2cnnn2-c2cc(OC)c(OC)cc2OC)cc1OC. The van der Waals surface area contributed by atoms with Crippen LogP contribution in [0.4, 0.5) is 0 Å². The fourth-order valence-electron chi connectivity index (χ4n) is 2.78. The molecule has 1 aromatic heterocycles. The van der Waals surface area contributed by atoms with E-state index in [-0.39, 0.29) is 0 Å². The van der Waals surface area contributed by atoms with Crippen LogP contribution >= 0.6 is 0 Å². The zero-order valence-corrected chi connectivity index (χ0v) is 15.8. The van der Waals surface area contributed by atoms with E-state index >= 15 is 0 Å². The van der Waals surface area contributed by atoms with Crippen molar-refractivity contribution in [3.05, 3.63) is 36.5 Å². The Hall–Kier alpha value is -3.42. The lowest BCUT2D eigenvalue weighted by Gasteiger charge is -2.15. The Morgan fingerprint density at radius 2 is 1.26 bits per heavy atom. The molecule has 0 fully saturated rings. The van der Waals surface area contributed by atoms with Crippen molar-refractivity contribution in [2.45, 2.75) is 0 Å². The van der Waals surface area contributed by atoms with E-state index in [1.54, 1.807) is 58.6 Å². The topological polar surface area (TPSA) is 76.9 Å². The first-order chi connectivity index (χ1) is 13.2. The molecule has 1 heterocycles. The van der Waals surface area contributed by atoms with E-state index in [1.165, 1.54) is 0 Å². The zero-order valence-electron chi connectivity index (χ0n) is 15.8. The minimum atomic E-state index is 0.557. The van der Waals surface area contributed by atoms with E-state index in [0.29, 0.717) is 34.4 Å². The molecule has 142 valence electrons. The molecule has 0 radical (unpaired) electrons. The highest BCUT2D eigenvalue weighted by atomic mass is 16.5. The lowest BCUT2D eigenvalue weighted by Crippen LogP contribution is -2.04. The first-order valence-corrected chi connectivity index (χ1v) is 8.10. The van der Waals surface area contributed by atoms with E-state index < -0.39 is 0 Å². The van der Waals surface area contributed by atoms with Crippen molar-refractivity contribution in [3.8, 4) is 45.7 Å². The van der Waals surface area contributed by atoms with Crippen LogP contribution in [0, 0.1) is 0 Å². The Labute approximate surface area is 157 Å². The predicted octanol–water partition coefficient (Wildman–Crippen LogP) is 2.98. The second kappa shape index (κ2) is 7.86. The van der Waals surface area contributed by atoms with Crippen LogP contribution in [0.3, 0.4) is 0 Å². The van der Waals surface area contributed by atoms with Gasteiger partial charge in [-0.15, -0.1) is 5.10 Å². The van der Waals surface area contributed by atoms with Gasteiger partial charge in [0.25, 0.3) is 0 Å². The minimum Gasteiger partial charge on any atom is -0.494 e. The molecule has 0 aliphatic rings. The van der Waals surface area contributed by atoms with Crippen molar-refractivity contribution in [1.82, 2.24) is 15.0 Å². The number of benzene rings is 2. The lowest BCUT2D eigenvalue weighted by atomic mass is 10.1. The van der Waals surface area contributed by atoms with Crippen LogP contribution in [0.2, 0.25) is 0 Å². The fourth-order valence-corrected chi connectivity index (χ4v) is 2.78. The molecule has 0 saturated heterocycles. The van der Waals surface area contributed by atoms with E-state index in [0.717, 1.165) is 11.3 Å². The molecule has 3 aromatic rings. The molecule has 0 N–H and O–H groups in total. The third-order valence-electron chi connectivity index (χ3n) is 4.14. The molecule has 0 aliphatic heterocycles. The highest BCUT2D eigenvalue weighted by molar-refractivity contribution is 5.67. The van der Waals surface area contributed by atoms with Crippen LogP contribution < -0.4 is 23.7 Å². The van der Waals surface area contributed by atoms with Crippen molar-refractivity contribution in [2.24, 2.45) is 0 Å². The van der Waals surface area contributed by atoms with E-state index in [2.05, 4.69) is 10.3 Å². The Kier molecular flexibility index (Phi) is 5.35. The second-order valence-corrected chi connectivity index (χ2v) is 5.48. The summed E-state index contributed by atoms with van der Waals surface area (Å²) in [5, 5.41) is 8.28. The summed E-state index contributed by atoms with van der Waals surface area (Å²) in [6.45, 7) is 0. The summed E-state index contributed by atoms with van der Waals surface area (Å²) in [5.74, 6) is 2.94. The molecule has 0 aliphatic carbocycles. The number of aromatic nitrogens is 3. The number of ether oxygens (including phenoxy) is 5. The van der Waals surface area contributed by atoms with Gasteiger partial charge in [0, 0.05) is 17.7 Å². The van der Waals surface area contributed by atoms with Gasteiger partial charge in [-0.2, -0.15) is 0 Å². The normalized spacial score (nSPS) is 10.4. The molecule has 2 aromatic carbocycles. The van der Waals surface area contributed by atoms with Crippen LogP contribution in [0.5, 0.6) is 28.7 Å². The maximum Gasteiger partial charge on any atom is 0.164 e. The molecule has 0 amide bonds. The third-order valence-corrected chi connectivity index (χ3v) is 4.14. The van der Waals surface area contributed by atoms with Crippen molar-refractivity contribution in [3.63, 3.8) is 0 Å². The average Bonchev–Trinajstić information content (AvgIpc) is 3.21. The van der Waals surface area contributed by atoms with Gasteiger partial charge in [-0.1, -0.05) is 5.21 Å². The Morgan fingerprint density at radius 1 is 0.667 bits per heavy atom. The molecular formula is C19H21N3O5. The van der Waals surface area contributed by atoms with Gasteiger partial charge in [-0.25, -0.2) is 4.68 Å². The molecule has 0 atom stereocenters. The molecule has 0 unspecified atom stereocenters. The standard InChI is InChI=1S/C19H21N3O5/c1-23-15-7-6-12(8-17(15)25-3)14-11-20-21-22(14)13-9-18(26-4)19(27-5)10-16(13)24-2/h6-11H,1-5H3. The van der Waals surface area contributed by atoms with Crippen molar-refractivity contribution < 1.29 is 23.7 Å². The largest absolute Gasteiger partial charge is 0.494 e. The number of methoxy groups -OCH3 is 5. The molecule has 3 rings (SSSR count). The van der Waals surface area contributed by atoms with Crippen LogP contribution in [-0.2, 0) is 0 Å². The van der Waals surface area contributed by atoms with Gasteiger partial charge < -0.3 is 23.7 Å². The van der Waals surface area contributed by atoms with Crippen LogP contribution in [0.25, 0.3) is 16.9 Å². The van der Waals surface area contributed by atoms with Crippen LogP contribution in [-0.4, -0.2) is 50.5 Å². The number of rotatable bonds is 7. The van der Waals surface area contributed by atoms with Gasteiger partial charge >= 0.3 is 0 Å². The smallest absolute Gasteiger partial charge is 0.164 e. The zero-order chi connectivity index (χ0) is 19.4. The first kappa shape index (κ1) is 18.4. The monoisotopic (exact) mass is 371 g/mol. The van der Waals surface area contributed by atoms with Gasteiger partial charge in [0.1, 0.15) is 11.4 Å². The summed E-state index contributed by atoms with van der Waals surface area (Å²) >= 11 is 0. The Morgan fingerprint density at radius 3 is 1.89 bits per heavy atom. The highest BCUT2D eigenvalue weighted by Crippen LogP contribution is 2.38. The van der Waals surface area contributed by atoms with Crippen molar-refractivity contribution in [1.29, 1.82) is 0 Å². The number of hydrogen-bond donors (Lipinski definition) is 0. The van der Waals surface area contributed by atoms with Gasteiger partial charge in [-0.3, -0.25) is 0 Å². The summed E-state index contributed by atoms with van der Waals surface area (Å²) in [6, 6.07) is 9.13. The molecule has 8 heteroatoms. The van der Waals surface area contributed by atoms with E-state index in [1.807, 2.05) is 18.2 Å². The van der Waals surface area contributed by atoms with Crippen LogP contribution in [0.15, 0.2) is 36.5 Å². The second-order valence-electron chi connectivity index (χ2n) is 5.48. The van der Waals surface area contributed by atoms with Crippen molar-refractivity contribution in [2.75, 3.05) is 35.5 Å². The highest BCUT2D eigenvalue weighted by Gasteiger charge is 2.18. The Balaban J connectivity index is 2.16. The first-order valence-electron chi connectivity index (χ1n) is 8.10. The van der Waals surface area contributed by atoms with Gasteiger partial charge in [0.05, 0.1) is 47.4 Å². The molecule has 0 saturated carbocycles. The minimum absolute atomic E-state index is 0.557. The summed E-state index contributed by atoms with van der Waals surface area (Å²) in [4.78, 5) is 0. The average molecular weight is 371 g/mol. The number of hydrogen-bond acceptors (Lipinski definition) is 7. The third kappa shape index (κ3) is 3.33. The van der Waals surface area contributed by atoms with Gasteiger partial charge in [0.2, 0.25) is 0 Å². The van der Waals surface area contributed by atoms with Gasteiger partial charge in [0.15, 0.2) is 23.0 Å². The summed E-state index contributed by atoms with van der Waals surface area (Å²) in [6.07, 6.45) is 1.66. The number of nitrogens with zero attached hydrogens (tertiary/aromatic N) is 3. The molecule has 0 bridgehead atoms. The predicted molar refractivity (Wildman–Crippen MR) is 99.6 cm³/mol. The Bertz CT molecular complexity index is 939. The summed E-state index contributed by atoms with van der Waals surface area (Å²) in [5.41, 5.74) is 2.27. The maximum absolute atomic E-state index is 5.51. The maximum atomic E-state index is 5.51. The van der Waals surface area contributed by atoms with E-state index in [4.69, 9.17) is 23.7 Å². The molecular weight excluding hydrogens is 350 g/mol. The quantitative estimate of drug-likeness (QED) is 0.632. The lowest BCUT2D eigenvalue weighted by molar-refractivity contribution is 0.348.